The normalized spacial score (nSPS) is 19.5. The van der Waals surface area contributed by atoms with E-state index in [2.05, 4.69) is 10.6 Å². The van der Waals surface area contributed by atoms with E-state index < -0.39 is 28.0 Å². The van der Waals surface area contributed by atoms with Crippen LogP contribution in [0.1, 0.15) is 32.6 Å². The van der Waals surface area contributed by atoms with Crippen molar-refractivity contribution in [2.24, 2.45) is 0 Å². The van der Waals surface area contributed by atoms with Gasteiger partial charge in [0, 0.05) is 17.5 Å². The number of rotatable bonds is 8. The number of carbonyl (C=O) groups is 2. The minimum atomic E-state index is -3.61. The Morgan fingerprint density at radius 2 is 2.05 bits per heavy atom. The van der Waals surface area contributed by atoms with Gasteiger partial charge in [-0.3, -0.25) is 9.52 Å². The fourth-order valence-corrected chi connectivity index (χ4v) is 5.42. The zero-order valence-electron chi connectivity index (χ0n) is 12.8. The van der Waals surface area contributed by atoms with Crippen molar-refractivity contribution in [1.82, 2.24) is 15.4 Å². The third kappa shape index (κ3) is 8.74. The van der Waals surface area contributed by atoms with Gasteiger partial charge in [-0.05, 0) is 26.2 Å². The molecule has 10 heteroatoms. The van der Waals surface area contributed by atoms with Gasteiger partial charge in [0.05, 0.1) is 6.26 Å². The molecule has 7 nitrogen and oxygen atoms in total. The van der Waals surface area contributed by atoms with Crippen molar-refractivity contribution in [2.45, 2.75) is 43.9 Å². The van der Waals surface area contributed by atoms with Crippen LogP contribution in [0.4, 0.5) is 4.79 Å². The maximum Gasteiger partial charge on any atom is 0.315 e. The first-order chi connectivity index (χ1) is 10.3. The molecule has 1 saturated heterocycles. The summed E-state index contributed by atoms with van der Waals surface area (Å²) in [5.41, 5.74) is 0. The smallest absolute Gasteiger partial charge is 0.315 e. The summed E-state index contributed by atoms with van der Waals surface area (Å²) in [6, 6.07) is -1.39. The van der Waals surface area contributed by atoms with Crippen LogP contribution in [0.25, 0.3) is 0 Å². The molecule has 128 valence electrons. The predicted molar refractivity (Wildman–Crippen MR) is 91.3 cm³/mol. The molecule has 0 saturated carbocycles. The second-order valence-corrected chi connectivity index (χ2v) is 9.72. The molecule has 3 amide bonds. The molecular weight excluding hydrogens is 346 g/mol. The Morgan fingerprint density at radius 1 is 1.32 bits per heavy atom. The summed E-state index contributed by atoms with van der Waals surface area (Å²) in [4.78, 5) is 23.1. The third-order valence-corrected chi connectivity index (χ3v) is 6.57. The highest BCUT2D eigenvalue weighted by Crippen LogP contribution is 2.39. The molecule has 2 atom stereocenters. The summed E-state index contributed by atoms with van der Waals surface area (Å²) >= 11 is 0. The number of sulfonamides is 1. The van der Waals surface area contributed by atoms with Crippen molar-refractivity contribution in [3.05, 3.63) is 0 Å². The molecule has 1 heterocycles. The van der Waals surface area contributed by atoms with E-state index in [1.165, 1.54) is 19.1 Å². The lowest BCUT2D eigenvalue weighted by Crippen LogP contribution is -2.49. The largest absolute Gasteiger partial charge is 0.338 e. The van der Waals surface area contributed by atoms with E-state index in [-0.39, 0.29) is 0 Å². The molecule has 1 unspecified atom stereocenters. The molecule has 0 spiro atoms. The molecule has 1 fully saturated rings. The third-order valence-electron chi connectivity index (χ3n) is 2.99. The second kappa shape index (κ2) is 9.51. The maximum absolute atomic E-state index is 11.6. The topological polar surface area (TPSA) is 104 Å². The summed E-state index contributed by atoms with van der Waals surface area (Å²) < 4.78 is 23.7. The van der Waals surface area contributed by atoms with Gasteiger partial charge in [0.25, 0.3) is 5.91 Å². The molecule has 0 bridgehead atoms. The number of carbonyl (C=O) groups excluding carboxylic acids is 2. The number of urea groups is 1. The van der Waals surface area contributed by atoms with Crippen LogP contribution in [0.15, 0.2) is 0 Å². The van der Waals surface area contributed by atoms with E-state index in [0.29, 0.717) is 6.54 Å². The second-order valence-electron chi connectivity index (χ2n) is 5.19. The van der Waals surface area contributed by atoms with Gasteiger partial charge in [-0.2, -0.15) is 0 Å². The molecule has 0 aromatic heterocycles. The van der Waals surface area contributed by atoms with E-state index in [4.69, 9.17) is 0 Å². The zero-order valence-corrected chi connectivity index (χ0v) is 15.2. The van der Waals surface area contributed by atoms with Crippen LogP contribution in [-0.4, -0.2) is 50.2 Å². The number of hydrogen-bond acceptors (Lipinski definition) is 6. The van der Waals surface area contributed by atoms with E-state index in [1.54, 1.807) is 0 Å². The molecule has 0 aliphatic carbocycles. The lowest BCUT2D eigenvalue weighted by atomic mass is 10.1. The van der Waals surface area contributed by atoms with Gasteiger partial charge in [0.1, 0.15) is 6.04 Å². The first kappa shape index (κ1) is 19.4. The van der Waals surface area contributed by atoms with Crippen molar-refractivity contribution in [3.8, 4) is 0 Å². The molecule has 3 N–H and O–H groups in total. The summed E-state index contributed by atoms with van der Waals surface area (Å²) in [5.74, 6) is 0.470. The van der Waals surface area contributed by atoms with E-state index in [1.807, 2.05) is 26.3 Å². The Balaban J connectivity index is 2.10. The number of nitrogens with one attached hydrogen (secondary N) is 3. The van der Waals surface area contributed by atoms with Gasteiger partial charge in [0.15, 0.2) is 0 Å². The summed E-state index contributed by atoms with van der Waals surface area (Å²) in [7, 11) is 0.255. The molecule has 1 rings (SSSR count). The molecule has 0 radical (unpaired) electrons. The molecule has 22 heavy (non-hydrogen) atoms. The lowest BCUT2D eigenvalue weighted by molar-refractivity contribution is -0.120. The van der Waals surface area contributed by atoms with Gasteiger partial charge in [0.2, 0.25) is 10.0 Å². The van der Waals surface area contributed by atoms with Crippen LogP contribution in [-0.2, 0) is 14.8 Å². The van der Waals surface area contributed by atoms with Crippen molar-refractivity contribution in [1.29, 1.82) is 0 Å². The standard InChI is InChI=1S/C12H23N3O4S3/c1-9(11(16)15-22(2,18)19)14-12(17)13-7-4-3-5-10-6-8-20-21-10/h9-10H,3-8H2,1-2H3,(H,15,16)(H2,13,14,17)/t9?,10-/m0/s1. The Labute approximate surface area is 139 Å². The van der Waals surface area contributed by atoms with Gasteiger partial charge in [-0.25, -0.2) is 13.2 Å². The lowest BCUT2D eigenvalue weighted by Gasteiger charge is -2.14. The Morgan fingerprint density at radius 3 is 2.64 bits per heavy atom. The van der Waals surface area contributed by atoms with E-state index in [0.717, 1.165) is 30.8 Å². The van der Waals surface area contributed by atoms with Crippen molar-refractivity contribution >= 4 is 43.5 Å². The quantitative estimate of drug-likeness (QED) is 0.437. The van der Waals surface area contributed by atoms with Gasteiger partial charge in [-0.1, -0.05) is 28.0 Å². The first-order valence-electron chi connectivity index (χ1n) is 7.12. The molecule has 0 aromatic carbocycles. The average molecular weight is 370 g/mol. The minimum Gasteiger partial charge on any atom is -0.338 e. The highest BCUT2D eigenvalue weighted by atomic mass is 33.1. The Bertz CT molecular complexity index is 478. The highest BCUT2D eigenvalue weighted by Gasteiger charge is 2.18. The molecule has 0 aromatic rings. The molecule has 1 aliphatic heterocycles. The molecular formula is C12H23N3O4S3. The summed E-state index contributed by atoms with van der Waals surface area (Å²) in [6.45, 7) is 1.96. The number of amides is 3. The van der Waals surface area contributed by atoms with Crippen molar-refractivity contribution in [2.75, 3.05) is 18.6 Å². The summed E-state index contributed by atoms with van der Waals surface area (Å²) in [5, 5.41) is 5.80. The fourth-order valence-electron chi connectivity index (χ4n) is 1.85. The van der Waals surface area contributed by atoms with Gasteiger partial charge < -0.3 is 10.6 Å². The van der Waals surface area contributed by atoms with Gasteiger partial charge >= 0.3 is 6.03 Å². The van der Waals surface area contributed by atoms with Crippen LogP contribution in [0.5, 0.6) is 0 Å². The fraction of sp³-hybridized carbons (Fsp3) is 0.833. The van der Waals surface area contributed by atoms with Crippen molar-refractivity contribution < 1.29 is 18.0 Å². The molecule has 1 aliphatic rings. The monoisotopic (exact) mass is 369 g/mol. The predicted octanol–water partition coefficient (Wildman–Crippen LogP) is 1.07. The zero-order chi connectivity index (χ0) is 16.6. The first-order valence-corrected chi connectivity index (χ1v) is 11.4. The average Bonchev–Trinajstić information content (AvgIpc) is 2.89. The van der Waals surface area contributed by atoms with Crippen LogP contribution in [0.2, 0.25) is 0 Å². The highest BCUT2D eigenvalue weighted by molar-refractivity contribution is 8.77. The van der Waals surface area contributed by atoms with Crippen LogP contribution < -0.4 is 15.4 Å². The van der Waals surface area contributed by atoms with E-state index >= 15 is 0 Å². The van der Waals surface area contributed by atoms with Crippen molar-refractivity contribution in [3.63, 3.8) is 0 Å². The van der Waals surface area contributed by atoms with Crippen LogP contribution in [0.3, 0.4) is 0 Å². The Hall–Kier alpha value is -0.610. The van der Waals surface area contributed by atoms with E-state index in [9.17, 15) is 18.0 Å². The SMILES string of the molecule is CC(NC(=O)NCCCC[C@H]1CCSS1)C(=O)NS(C)(=O)=O. The Kier molecular flexibility index (Phi) is 8.40. The number of unbranched alkanes of at least 4 members (excludes halogenated alkanes) is 1. The number of hydrogen-bond donors (Lipinski definition) is 3. The van der Waals surface area contributed by atoms with Crippen LogP contribution >= 0.6 is 21.6 Å². The maximum atomic E-state index is 11.6. The minimum absolute atomic E-state index is 0.470. The summed E-state index contributed by atoms with van der Waals surface area (Å²) in [6.07, 6.45) is 5.25. The van der Waals surface area contributed by atoms with Gasteiger partial charge in [-0.15, -0.1) is 0 Å². The van der Waals surface area contributed by atoms with Crippen LogP contribution in [0, 0.1) is 0 Å².